The van der Waals surface area contributed by atoms with Gasteiger partial charge >= 0.3 is 0 Å². The van der Waals surface area contributed by atoms with Crippen molar-refractivity contribution in [2.45, 2.75) is 103 Å². The van der Waals surface area contributed by atoms with Gasteiger partial charge in [0.05, 0.1) is 0 Å². The van der Waals surface area contributed by atoms with Gasteiger partial charge in [0, 0.05) is 24.7 Å². The summed E-state index contributed by atoms with van der Waals surface area (Å²) < 4.78 is 0. The van der Waals surface area contributed by atoms with E-state index in [9.17, 15) is 0 Å². The van der Waals surface area contributed by atoms with Crippen molar-refractivity contribution in [1.82, 2.24) is 4.90 Å². The molecule has 1 heterocycles. The fraction of sp³-hybridized carbons (Fsp3) is 1.00. The summed E-state index contributed by atoms with van der Waals surface area (Å²) in [5, 5.41) is 0. The SMILES string of the molecule is CCCCCCC(C)(CCCCCC)N1CCC(N)C1. The van der Waals surface area contributed by atoms with Crippen LogP contribution < -0.4 is 5.73 Å². The summed E-state index contributed by atoms with van der Waals surface area (Å²) >= 11 is 0. The van der Waals surface area contributed by atoms with Crippen LogP contribution in [0.2, 0.25) is 0 Å². The fourth-order valence-electron chi connectivity index (χ4n) is 3.58. The topological polar surface area (TPSA) is 29.3 Å². The van der Waals surface area contributed by atoms with Gasteiger partial charge in [-0.2, -0.15) is 0 Å². The van der Waals surface area contributed by atoms with E-state index in [4.69, 9.17) is 5.73 Å². The first-order valence-corrected chi connectivity index (χ1v) is 9.13. The van der Waals surface area contributed by atoms with Crippen molar-refractivity contribution < 1.29 is 0 Å². The molecule has 0 bridgehead atoms. The summed E-state index contributed by atoms with van der Waals surface area (Å²) in [4.78, 5) is 2.70. The molecule has 1 rings (SSSR count). The molecule has 0 aromatic carbocycles. The minimum absolute atomic E-state index is 0.412. The summed E-state index contributed by atoms with van der Waals surface area (Å²) in [6, 6.07) is 0.417. The zero-order valence-corrected chi connectivity index (χ0v) is 14.3. The highest BCUT2D eigenvalue weighted by atomic mass is 15.2. The minimum Gasteiger partial charge on any atom is -0.326 e. The third-order valence-corrected chi connectivity index (χ3v) is 5.13. The minimum atomic E-state index is 0.412. The molecule has 1 unspecified atom stereocenters. The van der Waals surface area contributed by atoms with Gasteiger partial charge in [0.25, 0.3) is 0 Å². The van der Waals surface area contributed by atoms with Crippen molar-refractivity contribution in [3.63, 3.8) is 0 Å². The van der Waals surface area contributed by atoms with Crippen LogP contribution in [0.25, 0.3) is 0 Å². The molecule has 1 saturated heterocycles. The van der Waals surface area contributed by atoms with Crippen LogP contribution >= 0.6 is 0 Å². The average molecular weight is 283 g/mol. The Hall–Kier alpha value is -0.0800. The third-order valence-electron chi connectivity index (χ3n) is 5.13. The standard InChI is InChI=1S/C18H38N2/c1-4-6-8-10-13-18(3,14-11-9-7-5-2)20-15-12-17(19)16-20/h17H,4-16,19H2,1-3H3. The predicted octanol–water partition coefficient (Wildman–Crippen LogP) is 4.72. The Morgan fingerprint density at radius 2 is 1.50 bits per heavy atom. The Labute approximate surface area is 127 Å². The van der Waals surface area contributed by atoms with Crippen molar-refractivity contribution in [1.29, 1.82) is 0 Å². The van der Waals surface area contributed by atoms with E-state index in [1.54, 1.807) is 0 Å². The second-order valence-corrected chi connectivity index (χ2v) is 7.11. The number of nitrogens with two attached hydrogens (primary N) is 1. The van der Waals surface area contributed by atoms with Crippen LogP contribution in [0.5, 0.6) is 0 Å². The molecule has 0 saturated carbocycles. The van der Waals surface area contributed by atoms with E-state index in [0.717, 1.165) is 6.54 Å². The summed E-state index contributed by atoms with van der Waals surface area (Å²) in [6.45, 7) is 9.44. The molecular weight excluding hydrogens is 244 g/mol. The lowest BCUT2D eigenvalue weighted by molar-refractivity contribution is 0.106. The highest BCUT2D eigenvalue weighted by Gasteiger charge is 2.34. The smallest absolute Gasteiger partial charge is 0.0182 e. The summed E-state index contributed by atoms with van der Waals surface area (Å²) in [5.41, 5.74) is 6.55. The molecule has 2 heteroatoms. The number of hydrogen-bond acceptors (Lipinski definition) is 2. The van der Waals surface area contributed by atoms with E-state index in [-0.39, 0.29) is 0 Å². The molecule has 0 spiro atoms. The molecule has 0 radical (unpaired) electrons. The van der Waals surface area contributed by atoms with E-state index < -0.39 is 0 Å². The van der Waals surface area contributed by atoms with Gasteiger partial charge in [-0.3, -0.25) is 4.90 Å². The van der Waals surface area contributed by atoms with Gasteiger partial charge < -0.3 is 5.73 Å². The Kier molecular flexibility index (Phi) is 8.79. The summed E-state index contributed by atoms with van der Waals surface area (Å²) in [5.74, 6) is 0. The van der Waals surface area contributed by atoms with Crippen molar-refractivity contribution in [2.24, 2.45) is 5.73 Å². The van der Waals surface area contributed by atoms with Gasteiger partial charge in [-0.25, -0.2) is 0 Å². The predicted molar refractivity (Wildman–Crippen MR) is 90.1 cm³/mol. The zero-order chi connectivity index (χ0) is 14.8. The third kappa shape index (κ3) is 6.13. The van der Waals surface area contributed by atoms with Crippen molar-refractivity contribution in [3.8, 4) is 0 Å². The molecular formula is C18H38N2. The molecule has 1 atom stereocenters. The largest absolute Gasteiger partial charge is 0.326 e. The highest BCUT2D eigenvalue weighted by Crippen LogP contribution is 2.31. The maximum atomic E-state index is 6.13. The van der Waals surface area contributed by atoms with Gasteiger partial charge in [0.15, 0.2) is 0 Å². The molecule has 0 aromatic rings. The van der Waals surface area contributed by atoms with Crippen LogP contribution in [0, 0.1) is 0 Å². The van der Waals surface area contributed by atoms with E-state index in [1.807, 2.05) is 0 Å². The first kappa shape index (κ1) is 18.0. The number of likely N-dealkylation sites (tertiary alicyclic amines) is 1. The van der Waals surface area contributed by atoms with Gasteiger partial charge in [-0.1, -0.05) is 65.2 Å². The normalized spacial score (nSPS) is 20.7. The van der Waals surface area contributed by atoms with Crippen molar-refractivity contribution >= 4 is 0 Å². The molecule has 0 amide bonds. The van der Waals surface area contributed by atoms with Crippen molar-refractivity contribution in [3.05, 3.63) is 0 Å². The number of hydrogen-bond donors (Lipinski definition) is 1. The fourth-order valence-corrected chi connectivity index (χ4v) is 3.58. The van der Waals surface area contributed by atoms with Gasteiger partial charge in [0.1, 0.15) is 0 Å². The molecule has 2 N–H and O–H groups in total. The lowest BCUT2D eigenvalue weighted by Gasteiger charge is -2.39. The Bertz CT molecular complexity index is 228. The number of nitrogens with zero attached hydrogens (tertiary/aromatic N) is 1. The van der Waals surface area contributed by atoms with Gasteiger partial charge in [-0.05, 0) is 26.2 Å². The first-order valence-electron chi connectivity index (χ1n) is 9.13. The Morgan fingerprint density at radius 1 is 0.950 bits per heavy atom. The molecule has 0 aliphatic carbocycles. The number of rotatable bonds is 11. The second kappa shape index (κ2) is 9.78. The van der Waals surface area contributed by atoms with Crippen LogP contribution in [-0.4, -0.2) is 29.6 Å². The number of unbranched alkanes of at least 4 members (excludes halogenated alkanes) is 6. The van der Waals surface area contributed by atoms with Gasteiger partial charge in [-0.15, -0.1) is 0 Å². The van der Waals surface area contributed by atoms with E-state index >= 15 is 0 Å². The Morgan fingerprint density at radius 3 is 1.90 bits per heavy atom. The monoisotopic (exact) mass is 282 g/mol. The van der Waals surface area contributed by atoms with Crippen molar-refractivity contribution in [2.75, 3.05) is 13.1 Å². The van der Waals surface area contributed by atoms with Crippen LogP contribution in [-0.2, 0) is 0 Å². The highest BCUT2D eigenvalue weighted by molar-refractivity contribution is 4.92. The van der Waals surface area contributed by atoms with E-state index in [2.05, 4.69) is 25.7 Å². The zero-order valence-electron chi connectivity index (χ0n) is 14.3. The van der Waals surface area contributed by atoms with E-state index in [0.29, 0.717) is 11.6 Å². The van der Waals surface area contributed by atoms with Gasteiger partial charge in [0.2, 0.25) is 0 Å². The molecule has 1 aliphatic heterocycles. The summed E-state index contributed by atoms with van der Waals surface area (Å²) in [7, 11) is 0. The molecule has 2 nitrogen and oxygen atoms in total. The van der Waals surface area contributed by atoms with Crippen LogP contribution in [0.3, 0.4) is 0 Å². The molecule has 1 fully saturated rings. The van der Waals surface area contributed by atoms with Crippen LogP contribution in [0.4, 0.5) is 0 Å². The quantitative estimate of drug-likeness (QED) is 0.556. The maximum Gasteiger partial charge on any atom is 0.0182 e. The van der Waals surface area contributed by atoms with E-state index in [1.165, 1.54) is 77.2 Å². The second-order valence-electron chi connectivity index (χ2n) is 7.11. The molecule has 20 heavy (non-hydrogen) atoms. The molecule has 1 aliphatic rings. The van der Waals surface area contributed by atoms with Crippen LogP contribution in [0.15, 0.2) is 0 Å². The first-order chi connectivity index (χ1) is 9.62. The molecule has 0 aromatic heterocycles. The lowest BCUT2D eigenvalue weighted by atomic mass is 9.86. The summed E-state index contributed by atoms with van der Waals surface area (Å²) in [6.07, 6.45) is 15.0. The maximum absolute atomic E-state index is 6.13. The Balaban J connectivity index is 2.43. The lowest BCUT2D eigenvalue weighted by Crippen LogP contribution is -2.46. The average Bonchev–Trinajstić information content (AvgIpc) is 2.87. The molecule has 120 valence electrons. The van der Waals surface area contributed by atoms with Crippen LogP contribution in [0.1, 0.15) is 91.4 Å².